The first-order valence-corrected chi connectivity index (χ1v) is 23.3. The summed E-state index contributed by atoms with van der Waals surface area (Å²) < 4.78 is 23.3. The number of amides is 1. The normalized spacial score (nSPS) is 10.7. The van der Waals surface area contributed by atoms with E-state index in [-0.39, 0.29) is 5.91 Å². The molecule has 1 amide bonds. The van der Waals surface area contributed by atoms with Crippen LogP contribution in [0, 0.1) is 11.8 Å². The van der Waals surface area contributed by atoms with E-state index in [1.807, 2.05) is 72.8 Å². The Morgan fingerprint density at radius 1 is 0.459 bits per heavy atom. The van der Waals surface area contributed by atoms with E-state index in [1.165, 1.54) is 83.5 Å². The molecule has 4 rings (SSSR count). The second kappa shape index (κ2) is 30.8. The maximum Gasteiger partial charge on any atom is 0.343 e. The molecule has 0 spiro atoms. The van der Waals surface area contributed by atoms with E-state index in [4.69, 9.17) is 18.9 Å². The Labute approximate surface area is 367 Å². The van der Waals surface area contributed by atoms with Crippen molar-refractivity contribution in [1.29, 1.82) is 0 Å². The van der Waals surface area contributed by atoms with Crippen LogP contribution >= 0.6 is 0 Å². The Morgan fingerprint density at radius 3 is 1.39 bits per heavy atom. The van der Waals surface area contributed by atoms with Gasteiger partial charge in [-0.1, -0.05) is 134 Å². The van der Waals surface area contributed by atoms with Crippen molar-refractivity contribution >= 4 is 17.6 Å². The number of hydrogen-bond donors (Lipinski definition) is 1. The van der Waals surface area contributed by atoms with Crippen LogP contribution in [0.5, 0.6) is 23.0 Å². The number of rotatable bonds is 31. The van der Waals surface area contributed by atoms with Crippen molar-refractivity contribution in [1.82, 2.24) is 0 Å². The molecule has 0 bridgehead atoms. The van der Waals surface area contributed by atoms with Gasteiger partial charge in [0.15, 0.2) is 0 Å². The first-order chi connectivity index (χ1) is 30.0. The summed E-state index contributed by atoms with van der Waals surface area (Å²) >= 11 is 0. The maximum absolute atomic E-state index is 12.7. The molecule has 4 aromatic rings. The fourth-order valence-corrected chi connectivity index (χ4v) is 6.91. The summed E-state index contributed by atoms with van der Waals surface area (Å²) in [6.45, 7) is 6.57. The summed E-state index contributed by atoms with van der Waals surface area (Å²) in [6, 6.07) is 29.9. The van der Waals surface area contributed by atoms with Crippen LogP contribution in [-0.2, 0) is 4.79 Å². The molecule has 0 aliphatic carbocycles. The van der Waals surface area contributed by atoms with Gasteiger partial charge in [-0.2, -0.15) is 0 Å². The van der Waals surface area contributed by atoms with Gasteiger partial charge in [0, 0.05) is 29.3 Å². The van der Waals surface area contributed by atoms with Gasteiger partial charge in [-0.25, -0.2) is 4.79 Å². The summed E-state index contributed by atoms with van der Waals surface area (Å²) in [5, 5.41) is 3.03. The summed E-state index contributed by atoms with van der Waals surface area (Å²) in [5.74, 6) is 8.94. The molecule has 0 fully saturated rings. The Kier molecular flexibility index (Phi) is 24.4. The van der Waals surface area contributed by atoms with Gasteiger partial charge < -0.3 is 24.3 Å². The Balaban J connectivity index is 0.993. The number of carbonyl (C=O) groups excluding carboxylic acids is 2. The molecule has 0 aliphatic rings. The summed E-state index contributed by atoms with van der Waals surface area (Å²) in [5.41, 5.74) is 3.01. The summed E-state index contributed by atoms with van der Waals surface area (Å²) in [6.07, 6.45) is 24.2. The van der Waals surface area contributed by atoms with Crippen LogP contribution in [0.1, 0.15) is 170 Å². The molecule has 61 heavy (non-hydrogen) atoms. The van der Waals surface area contributed by atoms with Gasteiger partial charge in [-0.05, 0) is 111 Å². The zero-order valence-corrected chi connectivity index (χ0v) is 37.2. The average molecular weight is 830 g/mol. The number of unbranched alkanes of at least 4 members (excludes halogenated alkanes) is 17. The van der Waals surface area contributed by atoms with E-state index in [1.54, 1.807) is 24.3 Å². The Bertz CT molecular complexity index is 1840. The second-order valence-electron chi connectivity index (χ2n) is 15.9. The van der Waals surface area contributed by atoms with E-state index >= 15 is 0 Å². The van der Waals surface area contributed by atoms with Crippen LogP contribution in [0.4, 0.5) is 5.69 Å². The molecule has 0 aliphatic heterocycles. The number of hydrogen-bond acceptors (Lipinski definition) is 6. The minimum atomic E-state index is -0.409. The van der Waals surface area contributed by atoms with Crippen LogP contribution in [-0.4, -0.2) is 31.7 Å². The molecule has 0 heterocycles. The van der Waals surface area contributed by atoms with Crippen LogP contribution in [0.25, 0.3) is 0 Å². The van der Waals surface area contributed by atoms with Crippen LogP contribution < -0.4 is 24.3 Å². The van der Waals surface area contributed by atoms with Crippen molar-refractivity contribution in [3.8, 4) is 34.8 Å². The standard InChI is InChI=1S/C54H71NO6/c1-3-5-7-9-16-20-42-59-50-39-33-47(34-40-50)54(57)61-51-37-31-46(32-38-51)28-27-45-29-35-49(36-30-45)58-41-21-18-14-12-11-13-15-19-26-53(56)55-48-24-23-25-52(44-48)60-43-22-17-10-8-6-4-2/h23-25,29-40,44H,3-22,26,41-43H2,1-2H3,(H,55,56). The number of nitrogens with one attached hydrogen (secondary N) is 1. The van der Waals surface area contributed by atoms with Gasteiger partial charge in [0.2, 0.25) is 5.91 Å². The highest BCUT2D eigenvalue weighted by Crippen LogP contribution is 2.21. The van der Waals surface area contributed by atoms with Gasteiger partial charge in [0.05, 0.1) is 25.4 Å². The molecule has 7 heteroatoms. The smallest absolute Gasteiger partial charge is 0.343 e. The molecule has 0 saturated carbocycles. The third-order valence-corrected chi connectivity index (χ3v) is 10.6. The Morgan fingerprint density at radius 2 is 0.885 bits per heavy atom. The molecule has 4 aromatic carbocycles. The zero-order chi connectivity index (χ0) is 43.0. The molecule has 0 aromatic heterocycles. The molecule has 0 unspecified atom stereocenters. The lowest BCUT2D eigenvalue weighted by molar-refractivity contribution is -0.116. The van der Waals surface area contributed by atoms with E-state index < -0.39 is 5.97 Å². The van der Waals surface area contributed by atoms with Crippen molar-refractivity contribution < 1.29 is 28.5 Å². The van der Waals surface area contributed by atoms with Gasteiger partial charge >= 0.3 is 5.97 Å². The third kappa shape index (κ3) is 21.7. The summed E-state index contributed by atoms with van der Waals surface area (Å²) in [4.78, 5) is 25.2. The third-order valence-electron chi connectivity index (χ3n) is 10.6. The molecule has 1 N–H and O–H groups in total. The first kappa shape index (κ1) is 48.4. The minimum Gasteiger partial charge on any atom is -0.494 e. The number of benzene rings is 4. The monoisotopic (exact) mass is 830 g/mol. The van der Waals surface area contributed by atoms with Crippen LogP contribution in [0.2, 0.25) is 0 Å². The Hall–Kier alpha value is -5.22. The highest BCUT2D eigenvalue weighted by molar-refractivity contribution is 5.91. The predicted molar refractivity (Wildman–Crippen MR) is 250 cm³/mol. The largest absolute Gasteiger partial charge is 0.494 e. The first-order valence-electron chi connectivity index (χ1n) is 23.3. The molecule has 0 saturated heterocycles. The van der Waals surface area contributed by atoms with Gasteiger partial charge in [0.25, 0.3) is 0 Å². The van der Waals surface area contributed by atoms with Gasteiger partial charge in [-0.3, -0.25) is 4.79 Å². The van der Waals surface area contributed by atoms with Crippen LogP contribution in [0.3, 0.4) is 0 Å². The topological polar surface area (TPSA) is 83.1 Å². The summed E-state index contributed by atoms with van der Waals surface area (Å²) in [7, 11) is 0. The average Bonchev–Trinajstić information content (AvgIpc) is 3.28. The van der Waals surface area contributed by atoms with Crippen molar-refractivity contribution in [2.24, 2.45) is 0 Å². The number of anilines is 1. The van der Waals surface area contributed by atoms with Crippen molar-refractivity contribution in [3.05, 3.63) is 114 Å². The van der Waals surface area contributed by atoms with Crippen LogP contribution in [0.15, 0.2) is 97.1 Å². The zero-order valence-electron chi connectivity index (χ0n) is 37.2. The predicted octanol–water partition coefficient (Wildman–Crippen LogP) is 14.3. The maximum atomic E-state index is 12.7. The quantitative estimate of drug-likeness (QED) is 0.0235. The number of esters is 1. The molecule has 0 radical (unpaired) electrons. The number of carbonyl (C=O) groups is 2. The lowest BCUT2D eigenvalue weighted by Crippen LogP contribution is -2.11. The van der Waals surface area contributed by atoms with Gasteiger partial charge in [-0.15, -0.1) is 0 Å². The van der Waals surface area contributed by atoms with E-state index in [0.29, 0.717) is 30.9 Å². The lowest BCUT2D eigenvalue weighted by Gasteiger charge is -2.09. The van der Waals surface area contributed by atoms with E-state index in [0.717, 1.165) is 85.6 Å². The molecule has 0 atom stereocenters. The molecular weight excluding hydrogens is 759 g/mol. The van der Waals surface area contributed by atoms with Crippen molar-refractivity contribution in [2.45, 2.75) is 149 Å². The molecule has 7 nitrogen and oxygen atoms in total. The fraction of sp³-hybridized carbons (Fsp3) is 0.481. The van der Waals surface area contributed by atoms with Gasteiger partial charge in [0.1, 0.15) is 23.0 Å². The van der Waals surface area contributed by atoms with Crippen molar-refractivity contribution in [3.63, 3.8) is 0 Å². The van der Waals surface area contributed by atoms with E-state index in [9.17, 15) is 9.59 Å². The SMILES string of the molecule is CCCCCCCCOc1ccc(C(=O)Oc2ccc(C#Cc3ccc(OCCCCCCCCCCC(=O)Nc4cccc(OCCCCCCCC)c4)cc3)cc2)cc1. The fourth-order valence-electron chi connectivity index (χ4n) is 6.91. The minimum absolute atomic E-state index is 0.0714. The molecular formula is C54H71NO6. The highest BCUT2D eigenvalue weighted by atomic mass is 16.5. The van der Waals surface area contributed by atoms with Crippen molar-refractivity contribution in [2.75, 3.05) is 25.1 Å². The van der Waals surface area contributed by atoms with E-state index in [2.05, 4.69) is 31.0 Å². The highest BCUT2D eigenvalue weighted by Gasteiger charge is 2.09. The molecule has 328 valence electrons. The second-order valence-corrected chi connectivity index (χ2v) is 15.9. The lowest BCUT2D eigenvalue weighted by atomic mass is 10.1. The number of ether oxygens (including phenoxy) is 4.